The van der Waals surface area contributed by atoms with Gasteiger partial charge in [0.15, 0.2) is 5.82 Å². The van der Waals surface area contributed by atoms with Crippen LogP contribution in [0.3, 0.4) is 0 Å². The molecule has 2 aromatic carbocycles. The lowest BCUT2D eigenvalue weighted by Crippen LogP contribution is -2.00. The average molecular weight is 315 g/mol. The van der Waals surface area contributed by atoms with Gasteiger partial charge in [0.05, 0.1) is 11.0 Å². The number of carboxylic acid groups (broad SMARTS) is 1. The molecule has 0 aliphatic heterocycles. The Kier molecular flexibility index (Phi) is 3.31. The van der Waals surface area contributed by atoms with Crippen LogP contribution in [0.25, 0.3) is 33.7 Å². The number of pyridine rings is 1. The summed E-state index contributed by atoms with van der Waals surface area (Å²) in [5.74, 6) is -0.502. The molecule has 4 rings (SSSR count). The van der Waals surface area contributed by atoms with Gasteiger partial charge in [-0.1, -0.05) is 42.5 Å². The van der Waals surface area contributed by atoms with E-state index in [9.17, 15) is 4.79 Å². The number of H-pyrrole nitrogens is 1. The smallest absolute Gasteiger partial charge is 0.354 e. The quantitative estimate of drug-likeness (QED) is 0.599. The number of nitrogens with one attached hydrogen (secondary N) is 1. The maximum Gasteiger partial charge on any atom is 0.354 e. The monoisotopic (exact) mass is 315 g/mol. The Hall–Kier alpha value is -3.47. The van der Waals surface area contributed by atoms with E-state index in [0.29, 0.717) is 11.5 Å². The van der Waals surface area contributed by atoms with Crippen LogP contribution in [0.1, 0.15) is 10.5 Å². The SMILES string of the molecule is O=C(O)c1cccc(-c2nc3ccc(-c4ccccc4)cc3[nH]2)n1. The van der Waals surface area contributed by atoms with Crippen LogP contribution in [0, 0.1) is 0 Å². The largest absolute Gasteiger partial charge is 0.477 e. The van der Waals surface area contributed by atoms with Crippen molar-refractivity contribution in [3.63, 3.8) is 0 Å². The van der Waals surface area contributed by atoms with Crippen molar-refractivity contribution in [3.05, 3.63) is 72.4 Å². The van der Waals surface area contributed by atoms with Crippen LogP contribution < -0.4 is 0 Å². The minimum absolute atomic E-state index is 0.00192. The molecule has 0 bridgehead atoms. The average Bonchev–Trinajstić information content (AvgIpc) is 3.06. The third kappa shape index (κ3) is 2.52. The standard InChI is InChI=1S/C19H13N3O2/c23-19(24)16-8-4-7-15(20-16)18-21-14-10-9-13(11-17(14)22-18)12-5-2-1-3-6-12/h1-11H,(H,21,22)(H,23,24). The van der Waals surface area contributed by atoms with E-state index < -0.39 is 5.97 Å². The van der Waals surface area contributed by atoms with E-state index in [1.54, 1.807) is 12.1 Å². The second kappa shape index (κ2) is 5.62. The lowest BCUT2D eigenvalue weighted by molar-refractivity contribution is 0.0690. The fourth-order valence-electron chi connectivity index (χ4n) is 2.63. The van der Waals surface area contributed by atoms with Crippen molar-refractivity contribution in [2.45, 2.75) is 0 Å². The summed E-state index contributed by atoms with van der Waals surface area (Å²) in [6.45, 7) is 0. The highest BCUT2D eigenvalue weighted by Gasteiger charge is 2.11. The van der Waals surface area contributed by atoms with Gasteiger partial charge >= 0.3 is 5.97 Å². The van der Waals surface area contributed by atoms with E-state index in [-0.39, 0.29) is 5.69 Å². The maximum atomic E-state index is 11.1. The Bertz CT molecular complexity index is 1040. The van der Waals surface area contributed by atoms with Crippen LogP contribution in [0.4, 0.5) is 0 Å². The molecule has 0 saturated heterocycles. The summed E-state index contributed by atoms with van der Waals surface area (Å²) in [5.41, 5.74) is 4.42. The summed E-state index contributed by atoms with van der Waals surface area (Å²) in [5, 5.41) is 9.07. The topological polar surface area (TPSA) is 78.9 Å². The van der Waals surface area contributed by atoms with Crippen molar-refractivity contribution in [3.8, 4) is 22.6 Å². The molecule has 4 aromatic rings. The zero-order chi connectivity index (χ0) is 16.5. The van der Waals surface area contributed by atoms with Crippen LogP contribution in [-0.4, -0.2) is 26.0 Å². The fraction of sp³-hybridized carbons (Fsp3) is 0. The first-order valence-corrected chi connectivity index (χ1v) is 7.46. The van der Waals surface area contributed by atoms with E-state index in [1.165, 1.54) is 6.07 Å². The van der Waals surface area contributed by atoms with Crippen molar-refractivity contribution in [1.29, 1.82) is 0 Å². The molecule has 0 aliphatic rings. The summed E-state index contributed by atoms with van der Waals surface area (Å²) >= 11 is 0. The van der Waals surface area contributed by atoms with Crippen molar-refractivity contribution < 1.29 is 9.90 Å². The molecule has 0 aliphatic carbocycles. The molecule has 5 nitrogen and oxygen atoms in total. The summed E-state index contributed by atoms with van der Waals surface area (Å²) in [6.07, 6.45) is 0. The molecule has 116 valence electrons. The number of aromatic amines is 1. The van der Waals surface area contributed by atoms with Gasteiger partial charge in [0.25, 0.3) is 0 Å². The Morgan fingerprint density at radius 1 is 0.875 bits per heavy atom. The zero-order valence-electron chi connectivity index (χ0n) is 12.6. The Balaban J connectivity index is 1.79. The van der Waals surface area contributed by atoms with Gasteiger partial charge in [-0.15, -0.1) is 0 Å². The van der Waals surface area contributed by atoms with Crippen LogP contribution in [0.15, 0.2) is 66.7 Å². The molecule has 0 spiro atoms. The Morgan fingerprint density at radius 2 is 1.71 bits per heavy atom. The van der Waals surface area contributed by atoms with Gasteiger partial charge in [0.2, 0.25) is 0 Å². The number of fused-ring (bicyclic) bond motifs is 1. The normalized spacial score (nSPS) is 10.8. The highest BCUT2D eigenvalue weighted by Crippen LogP contribution is 2.25. The molecule has 2 heterocycles. The fourth-order valence-corrected chi connectivity index (χ4v) is 2.63. The highest BCUT2D eigenvalue weighted by atomic mass is 16.4. The first kappa shape index (κ1) is 14.1. The molecule has 0 amide bonds. The summed E-state index contributed by atoms with van der Waals surface area (Å²) in [4.78, 5) is 22.9. The third-order valence-electron chi connectivity index (χ3n) is 3.80. The number of aromatic carboxylic acids is 1. The Labute approximate surface area is 137 Å². The van der Waals surface area contributed by atoms with E-state index in [2.05, 4.69) is 27.1 Å². The van der Waals surface area contributed by atoms with Gasteiger partial charge < -0.3 is 10.1 Å². The second-order valence-corrected chi connectivity index (χ2v) is 5.40. The minimum Gasteiger partial charge on any atom is -0.477 e. The summed E-state index contributed by atoms with van der Waals surface area (Å²) < 4.78 is 0. The first-order chi connectivity index (χ1) is 11.7. The van der Waals surface area contributed by atoms with Crippen molar-refractivity contribution >= 4 is 17.0 Å². The zero-order valence-corrected chi connectivity index (χ0v) is 12.6. The van der Waals surface area contributed by atoms with Crippen molar-refractivity contribution in [1.82, 2.24) is 15.0 Å². The van der Waals surface area contributed by atoms with Crippen molar-refractivity contribution in [2.75, 3.05) is 0 Å². The predicted octanol–water partition coefficient (Wildman–Crippen LogP) is 3.99. The molecule has 2 aromatic heterocycles. The summed E-state index contributed by atoms with van der Waals surface area (Å²) in [6, 6.07) is 20.9. The Morgan fingerprint density at radius 3 is 2.50 bits per heavy atom. The van der Waals surface area contributed by atoms with Crippen LogP contribution in [0.5, 0.6) is 0 Å². The van der Waals surface area contributed by atoms with Gasteiger partial charge in [-0.2, -0.15) is 0 Å². The van der Waals surface area contributed by atoms with Gasteiger partial charge in [-0.3, -0.25) is 0 Å². The number of benzene rings is 2. The van der Waals surface area contributed by atoms with Gasteiger partial charge in [-0.25, -0.2) is 14.8 Å². The minimum atomic E-state index is -1.06. The number of aromatic nitrogens is 3. The number of hydrogen-bond donors (Lipinski definition) is 2. The van der Waals surface area contributed by atoms with Crippen LogP contribution in [0.2, 0.25) is 0 Å². The van der Waals surface area contributed by atoms with Crippen LogP contribution in [-0.2, 0) is 0 Å². The molecular formula is C19H13N3O2. The van der Waals surface area contributed by atoms with E-state index >= 15 is 0 Å². The van der Waals surface area contributed by atoms with Crippen LogP contribution >= 0.6 is 0 Å². The van der Waals surface area contributed by atoms with E-state index in [0.717, 1.165) is 22.2 Å². The summed E-state index contributed by atoms with van der Waals surface area (Å²) in [7, 11) is 0. The second-order valence-electron chi connectivity index (χ2n) is 5.40. The molecule has 0 saturated carbocycles. The third-order valence-corrected chi connectivity index (χ3v) is 3.80. The van der Waals surface area contributed by atoms with Gasteiger partial charge in [0.1, 0.15) is 11.4 Å². The van der Waals surface area contributed by atoms with Crippen molar-refractivity contribution in [2.24, 2.45) is 0 Å². The molecule has 5 heteroatoms. The first-order valence-electron chi connectivity index (χ1n) is 7.46. The molecule has 0 radical (unpaired) electrons. The molecule has 2 N–H and O–H groups in total. The lowest BCUT2D eigenvalue weighted by Gasteiger charge is -2.00. The highest BCUT2D eigenvalue weighted by molar-refractivity contribution is 5.87. The molecule has 0 fully saturated rings. The maximum absolute atomic E-state index is 11.1. The number of imidazole rings is 1. The number of nitrogens with zero attached hydrogens (tertiary/aromatic N) is 2. The van der Waals surface area contributed by atoms with E-state index in [1.807, 2.05) is 36.4 Å². The molecule has 0 unspecified atom stereocenters. The van der Waals surface area contributed by atoms with Gasteiger partial charge in [-0.05, 0) is 35.4 Å². The lowest BCUT2D eigenvalue weighted by atomic mass is 10.1. The van der Waals surface area contributed by atoms with E-state index in [4.69, 9.17) is 5.11 Å². The molecular weight excluding hydrogens is 302 g/mol. The number of rotatable bonds is 3. The number of carboxylic acids is 1. The molecule has 24 heavy (non-hydrogen) atoms. The predicted molar refractivity (Wildman–Crippen MR) is 91.7 cm³/mol. The number of carbonyl (C=O) groups is 1. The number of hydrogen-bond acceptors (Lipinski definition) is 3. The molecule has 0 atom stereocenters. The van der Waals surface area contributed by atoms with Gasteiger partial charge in [0, 0.05) is 0 Å².